The first-order valence-electron chi connectivity index (χ1n) is 9.54. The molecule has 0 aliphatic rings. The van der Waals surface area contributed by atoms with E-state index >= 15 is 0 Å². The predicted molar refractivity (Wildman–Crippen MR) is 118 cm³/mol. The minimum Gasteiger partial charge on any atom is -0.455 e. The summed E-state index contributed by atoms with van der Waals surface area (Å²) in [7, 11) is 0. The Hall–Kier alpha value is -3.52. The maximum absolute atomic E-state index is 6.21. The first kappa shape index (κ1) is 16.6. The Labute approximate surface area is 164 Å². The number of rotatable bonds is 3. The van der Waals surface area contributed by atoms with Gasteiger partial charge in [-0.05, 0) is 48.7 Å². The van der Waals surface area contributed by atoms with Crippen LogP contribution in [0.4, 0.5) is 11.4 Å². The largest absolute Gasteiger partial charge is 0.455 e. The first-order chi connectivity index (χ1) is 13.7. The van der Waals surface area contributed by atoms with Gasteiger partial charge in [-0.15, -0.1) is 0 Å². The molecule has 136 valence electrons. The fourth-order valence-corrected chi connectivity index (χ4v) is 3.89. The van der Waals surface area contributed by atoms with Gasteiger partial charge in [0.1, 0.15) is 11.2 Å². The lowest BCUT2D eigenvalue weighted by Crippen LogP contribution is -1.96. The van der Waals surface area contributed by atoms with Gasteiger partial charge in [-0.3, -0.25) is 0 Å². The van der Waals surface area contributed by atoms with Crippen LogP contribution in [0.25, 0.3) is 33.1 Å². The minimum absolute atomic E-state index is 0.926. The normalized spacial score (nSPS) is 11.2. The van der Waals surface area contributed by atoms with Gasteiger partial charge in [-0.2, -0.15) is 0 Å². The molecule has 1 N–H and O–H groups in total. The summed E-state index contributed by atoms with van der Waals surface area (Å²) < 4.78 is 6.21. The van der Waals surface area contributed by atoms with Crippen LogP contribution in [0.2, 0.25) is 0 Å². The SMILES string of the molecule is Cc1cccc(C)c1Nc1cccc(-c2cccc3c2oc2ccccc23)c1. The summed E-state index contributed by atoms with van der Waals surface area (Å²) in [5, 5.41) is 5.91. The van der Waals surface area contributed by atoms with Crippen LogP contribution in [0, 0.1) is 13.8 Å². The van der Waals surface area contributed by atoms with Gasteiger partial charge in [-0.1, -0.05) is 66.7 Å². The van der Waals surface area contributed by atoms with Crippen molar-refractivity contribution in [1.82, 2.24) is 0 Å². The standard InChI is InChI=1S/C26H21NO/c1-17-8-5-9-18(2)25(17)27-20-11-6-10-19(16-20)21-13-7-14-23-22-12-3-4-15-24(22)28-26(21)23/h3-16,27H,1-2H3. The van der Waals surface area contributed by atoms with E-state index in [2.05, 4.69) is 92.0 Å². The molecule has 28 heavy (non-hydrogen) atoms. The summed E-state index contributed by atoms with van der Waals surface area (Å²) in [5.41, 5.74) is 8.83. The number of nitrogens with one attached hydrogen (secondary N) is 1. The molecule has 5 aromatic rings. The van der Waals surface area contributed by atoms with E-state index in [1.807, 2.05) is 12.1 Å². The van der Waals surface area contributed by atoms with E-state index in [1.165, 1.54) is 16.8 Å². The van der Waals surface area contributed by atoms with Crippen molar-refractivity contribution in [2.75, 3.05) is 5.32 Å². The quantitative estimate of drug-likeness (QED) is 0.357. The van der Waals surface area contributed by atoms with Crippen molar-refractivity contribution < 1.29 is 4.42 Å². The lowest BCUT2D eigenvalue weighted by Gasteiger charge is -2.13. The van der Waals surface area contributed by atoms with Gasteiger partial charge >= 0.3 is 0 Å². The number of hydrogen-bond acceptors (Lipinski definition) is 2. The van der Waals surface area contributed by atoms with Gasteiger partial charge in [0.25, 0.3) is 0 Å². The number of hydrogen-bond donors (Lipinski definition) is 1. The summed E-state index contributed by atoms with van der Waals surface area (Å²) in [4.78, 5) is 0. The average molecular weight is 363 g/mol. The van der Waals surface area contributed by atoms with Crippen LogP contribution in [0.1, 0.15) is 11.1 Å². The summed E-state index contributed by atoms with van der Waals surface area (Å²) in [5.74, 6) is 0. The number of aryl methyl sites for hydroxylation is 2. The highest BCUT2D eigenvalue weighted by Crippen LogP contribution is 2.36. The summed E-state index contributed by atoms with van der Waals surface area (Å²) >= 11 is 0. The van der Waals surface area contributed by atoms with Gasteiger partial charge in [0.15, 0.2) is 0 Å². The minimum atomic E-state index is 0.926. The lowest BCUT2D eigenvalue weighted by molar-refractivity contribution is 0.670. The molecule has 5 rings (SSSR count). The van der Waals surface area contributed by atoms with Gasteiger partial charge in [0.05, 0.1) is 0 Å². The third-order valence-electron chi connectivity index (χ3n) is 5.33. The topological polar surface area (TPSA) is 25.2 Å². The summed E-state index contributed by atoms with van der Waals surface area (Å²) in [6.07, 6.45) is 0. The maximum Gasteiger partial charge on any atom is 0.143 e. The molecule has 0 fully saturated rings. The van der Waals surface area contributed by atoms with Crippen molar-refractivity contribution in [3.63, 3.8) is 0 Å². The van der Waals surface area contributed by atoms with Gasteiger partial charge in [-0.25, -0.2) is 0 Å². The van der Waals surface area contributed by atoms with Gasteiger partial charge in [0.2, 0.25) is 0 Å². The van der Waals surface area contributed by atoms with E-state index in [9.17, 15) is 0 Å². The van der Waals surface area contributed by atoms with Crippen LogP contribution in [-0.4, -0.2) is 0 Å². The zero-order valence-corrected chi connectivity index (χ0v) is 16.0. The summed E-state index contributed by atoms with van der Waals surface area (Å²) in [6, 6.07) is 29.4. The molecule has 2 nitrogen and oxygen atoms in total. The Bertz CT molecular complexity index is 1290. The predicted octanol–water partition coefficient (Wildman–Crippen LogP) is 7.61. The third kappa shape index (κ3) is 2.74. The van der Waals surface area contributed by atoms with Crippen LogP contribution in [0.5, 0.6) is 0 Å². The molecule has 0 unspecified atom stereocenters. The van der Waals surface area contributed by atoms with Crippen LogP contribution in [0.15, 0.2) is 89.3 Å². The molecular weight excluding hydrogens is 342 g/mol. The third-order valence-corrected chi connectivity index (χ3v) is 5.33. The second kappa shape index (κ2) is 6.58. The van der Waals surface area contributed by atoms with Crippen LogP contribution >= 0.6 is 0 Å². The second-order valence-corrected chi connectivity index (χ2v) is 7.25. The highest BCUT2D eigenvalue weighted by atomic mass is 16.3. The molecule has 0 amide bonds. The molecule has 0 saturated carbocycles. The molecule has 0 atom stereocenters. The van der Waals surface area contributed by atoms with Crippen LogP contribution < -0.4 is 5.32 Å². The molecule has 1 heterocycles. The van der Waals surface area contributed by atoms with Crippen molar-refractivity contribution in [1.29, 1.82) is 0 Å². The molecule has 0 aliphatic heterocycles. The van der Waals surface area contributed by atoms with Crippen molar-refractivity contribution >= 4 is 33.3 Å². The molecule has 0 radical (unpaired) electrons. The molecule has 2 heteroatoms. The van der Waals surface area contributed by atoms with E-state index in [4.69, 9.17) is 4.42 Å². The van der Waals surface area contributed by atoms with Gasteiger partial charge < -0.3 is 9.73 Å². The number of anilines is 2. The van der Waals surface area contributed by atoms with Crippen LogP contribution in [-0.2, 0) is 0 Å². The fourth-order valence-electron chi connectivity index (χ4n) is 3.89. The van der Waals surface area contributed by atoms with Crippen molar-refractivity contribution in [2.45, 2.75) is 13.8 Å². The number of furan rings is 1. The van der Waals surface area contributed by atoms with Crippen molar-refractivity contribution in [3.05, 3.63) is 96.1 Å². The number of benzene rings is 4. The van der Waals surface area contributed by atoms with Crippen LogP contribution in [0.3, 0.4) is 0 Å². The smallest absolute Gasteiger partial charge is 0.143 e. The highest BCUT2D eigenvalue weighted by molar-refractivity contribution is 6.09. The number of fused-ring (bicyclic) bond motifs is 3. The molecule has 0 bridgehead atoms. The molecule has 1 aromatic heterocycles. The van der Waals surface area contributed by atoms with E-state index < -0.39 is 0 Å². The lowest BCUT2D eigenvalue weighted by atomic mass is 10.0. The van der Waals surface area contributed by atoms with Crippen molar-refractivity contribution in [3.8, 4) is 11.1 Å². The Morgan fingerprint density at radius 3 is 2.25 bits per heavy atom. The Morgan fingerprint density at radius 1 is 0.679 bits per heavy atom. The van der Waals surface area contributed by atoms with E-state index in [1.54, 1.807) is 0 Å². The van der Waals surface area contributed by atoms with E-state index in [0.29, 0.717) is 0 Å². The Balaban J connectivity index is 1.62. The highest BCUT2D eigenvalue weighted by Gasteiger charge is 2.12. The zero-order valence-electron chi connectivity index (χ0n) is 16.0. The van der Waals surface area contributed by atoms with E-state index in [-0.39, 0.29) is 0 Å². The Morgan fingerprint density at radius 2 is 1.39 bits per heavy atom. The maximum atomic E-state index is 6.21. The zero-order chi connectivity index (χ0) is 19.1. The average Bonchev–Trinajstić information content (AvgIpc) is 3.10. The molecular formula is C26H21NO. The molecule has 0 aliphatic carbocycles. The Kier molecular flexibility index (Phi) is 3.91. The molecule has 4 aromatic carbocycles. The molecule has 0 spiro atoms. The summed E-state index contributed by atoms with van der Waals surface area (Å²) in [6.45, 7) is 4.27. The van der Waals surface area contributed by atoms with Crippen molar-refractivity contribution in [2.24, 2.45) is 0 Å². The molecule has 0 saturated heterocycles. The first-order valence-corrected chi connectivity index (χ1v) is 9.54. The fraction of sp³-hybridized carbons (Fsp3) is 0.0769. The van der Waals surface area contributed by atoms with E-state index in [0.717, 1.165) is 38.8 Å². The monoisotopic (exact) mass is 363 g/mol. The number of para-hydroxylation sites is 3. The second-order valence-electron chi connectivity index (χ2n) is 7.25. The van der Waals surface area contributed by atoms with Gasteiger partial charge in [0, 0.05) is 27.7 Å².